The van der Waals surface area contributed by atoms with E-state index in [1.165, 1.54) is 41.3 Å². The van der Waals surface area contributed by atoms with E-state index in [-0.39, 0.29) is 25.9 Å². The fraction of sp³-hybridized carbons (Fsp3) is 0.304. The van der Waals surface area contributed by atoms with Gasteiger partial charge in [-0.15, -0.1) is 9.24 Å². The monoisotopic (exact) mass is 553 g/mol. The Bertz CT molecular complexity index is 1240. The van der Waals surface area contributed by atoms with Crippen molar-refractivity contribution < 1.29 is 42.3 Å². The molecule has 1 saturated heterocycles. The number of rotatable bonds is 8. The van der Waals surface area contributed by atoms with Gasteiger partial charge in [-0.1, -0.05) is 36.4 Å². The van der Waals surface area contributed by atoms with Gasteiger partial charge in [0.1, 0.15) is 12.8 Å². The summed E-state index contributed by atoms with van der Waals surface area (Å²) in [6, 6.07) is 8.94. The highest BCUT2D eigenvalue weighted by Crippen LogP contribution is 2.32. The van der Waals surface area contributed by atoms with E-state index in [9.17, 15) is 28.0 Å². The molecular weight excluding hydrogens is 530 g/mol. The van der Waals surface area contributed by atoms with Crippen LogP contribution in [0.1, 0.15) is 39.9 Å². The molecule has 4 rings (SSSR count). The number of piperidine rings is 1. The highest BCUT2D eigenvalue weighted by molar-refractivity contribution is 7.39. The van der Waals surface area contributed by atoms with Crippen LogP contribution in [0.5, 0.6) is 0 Å². The van der Waals surface area contributed by atoms with E-state index in [0.717, 1.165) is 4.90 Å². The molecule has 3 N–H and O–H groups in total. The van der Waals surface area contributed by atoms with Gasteiger partial charge in [-0.05, 0) is 28.9 Å². The molecule has 14 heteroatoms. The van der Waals surface area contributed by atoms with E-state index in [0.29, 0.717) is 22.0 Å². The number of hydrogen-bond acceptors (Lipinski definition) is 7. The summed E-state index contributed by atoms with van der Waals surface area (Å²) < 4.78 is 33.7. The van der Waals surface area contributed by atoms with Crippen LogP contribution in [0.4, 0.5) is 8.78 Å². The molecule has 2 unspecified atom stereocenters. The van der Waals surface area contributed by atoms with Crippen LogP contribution in [-0.2, 0) is 37.9 Å². The normalized spacial score (nSPS) is 18.0. The summed E-state index contributed by atoms with van der Waals surface area (Å²) in [5.74, 6) is -6.88. The number of alkyl halides is 2. The lowest BCUT2D eigenvalue weighted by atomic mass is 10.0. The molecule has 0 aromatic heterocycles. The molecule has 2 aliphatic heterocycles. The van der Waals surface area contributed by atoms with Crippen LogP contribution in [0.25, 0.3) is 0 Å². The Hall–Kier alpha value is -2.88. The number of hydrogen-bond donors (Lipinski definition) is 3. The van der Waals surface area contributed by atoms with E-state index in [1.54, 1.807) is 6.07 Å². The lowest BCUT2D eigenvalue weighted by Gasteiger charge is -2.35. The quantitative estimate of drug-likeness (QED) is 0.331. The van der Waals surface area contributed by atoms with Gasteiger partial charge in [-0.3, -0.25) is 28.6 Å². The summed E-state index contributed by atoms with van der Waals surface area (Å²) in [7, 11) is -0.398. The number of likely N-dealkylation sites (tertiary alicyclic amines) is 1. The molecular formula is C23H23F2N3O7P2. The largest absolute Gasteiger partial charge is 0.349 e. The Labute approximate surface area is 213 Å². The van der Waals surface area contributed by atoms with Crippen molar-refractivity contribution in [2.24, 2.45) is 0 Å². The lowest BCUT2D eigenvalue weighted by Crippen LogP contribution is -2.54. The van der Waals surface area contributed by atoms with Crippen molar-refractivity contribution in [3.63, 3.8) is 0 Å². The van der Waals surface area contributed by atoms with Crippen molar-refractivity contribution in [2.45, 2.75) is 37.9 Å². The molecule has 0 aliphatic carbocycles. The highest BCUT2D eigenvalue weighted by Gasteiger charge is 2.43. The average Bonchev–Trinajstić information content (AvgIpc) is 3.17. The molecule has 2 aromatic rings. The lowest BCUT2D eigenvalue weighted by molar-refractivity contribution is -0.156. The number of amides is 4. The second kappa shape index (κ2) is 10.8. The number of carbonyl (C=O) groups excluding carboxylic acids is 4. The zero-order valence-corrected chi connectivity index (χ0v) is 21.3. The minimum absolute atomic E-state index is 0.0412. The Kier molecular flexibility index (Phi) is 7.96. The first kappa shape index (κ1) is 27.2. The van der Waals surface area contributed by atoms with Gasteiger partial charge in [-0.25, -0.2) is 0 Å². The number of benzene rings is 2. The van der Waals surface area contributed by atoms with Gasteiger partial charge < -0.3 is 20.0 Å². The van der Waals surface area contributed by atoms with Gasteiger partial charge in [0.25, 0.3) is 17.7 Å². The van der Waals surface area contributed by atoms with Gasteiger partial charge in [0.05, 0.1) is 0 Å². The van der Waals surface area contributed by atoms with Crippen molar-refractivity contribution >= 4 is 46.8 Å². The van der Waals surface area contributed by atoms with Crippen LogP contribution in [0.15, 0.2) is 42.5 Å². The van der Waals surface area contributed by atoms with Gasteiger partial charge in [0.2, 0.25) is 5.91 Å². The smallest absolute Gasteiger partial charge is 0.346 e. The molecule has 2 heterocycles. The number of imide groups is 1. The summed E-state index contributed by atoms with van der Waals surface area (Å²) >= 11 is 0. The molecule has 0 bridgehead atoms. The third kappa shape index (κ3) is 5.68. The Morgan fingerprint density at radius 1 is 1.16 bits per heavy atom. The molecule has 0 saturated carbocycles. The fourth-order valence-corrected chi connectivity index (χ4v) is 4.64. The molecule has 2 aromatic carbocycles. The molecule has 4 amide bonds. The molecule has 37 heavy (non-hydrogen) atoms. The highest BCUT2D eigenvalue weighted by atomic mass is 31.2. The predicted octanol–water partition coefficient (Wildman–Crippen LogP) is 1.25. The van der Waals surface area contributed by atoms with Crippen molar-refractivity contribution in [1.82, 2.24) is 15.1 Å². The Morgan fingerprint density at radius 2 is 1.86 bits per heavy atom. The second-order valence-corrected chi connectivity index (χ2v) is 9.96. The first-order valence-electron chi connectivity index (χ1n) is 11.1. The van der Waals surface area contributed by atoms with Gasteiger partial charge in [0.15, 0.2) is 0 Å². The molecule has 196 valence electrons. The standard InChI is InChI=1S/C23H23F2N3O7P2/c24-23(25,15-2-4-16(36)5-3-15)22(32)26-10-13-1-6-17-14(9-13)11-27(20(17)30)18-7-8-19(29)28(21(18)31)12-35-37(33)34/h1-6,9,18,33-34H,7-8,10-12,36H2,(H,26,32). The van der Waals surface area contributed by atoms with Crippen LogP contribution in [0.2, 0.25) is 0 Å². The van der Waals surface area contributed by atoms with E-state index in [2.05, 4.69) is 19.1 Å². The van der Waals surface area contributed by atoms with E-state index < -0.39 is 56.5 Å². The predicted molar refractivity (Wildman–Crippen MR) is 130 cm³/mol. The van der Waals surface area contributed by atoms with Crippen LogP contribution in [0, 0.1) is 0 Å². The zero-order valence-electron chi connectivity index (χ0n) is 19.3. The first-order chi connectivity index (χ1) is 17.5. The second-order valence-electron chi connectivity index (χ2n) is 8.53. The third-order valence-corrected chi connectivity index (χ3v) is 6.91. The van der Waals surface area contributed by atoms with Crippen LogP contribution in [0.3, 0.4) is 0 Å². The number of halogens is 2. The van der Waals surface area contributed by atoms with Crippen molar-refractivity contribution in [2.75, 3.05) is 6.73 Å². The molecule has 10 nitrogen and oxygen atoms in total. The summed E-state index contributed by atoms with van der Waals surface area (Å²) in [4.78, 5) is 70.1. The number of fused-ring (bicyclic) bond motifs is 1. The van der Waals surface area contributed by atoms with E-state index in [4.69, 9.17) is 9.79 Å². The van der Waals surface area contributed by atoms with Crippen molar-refractivity contribution in [3.05, 3.63) is 64.7 Å². The van der Waals surface area contributed by atoms with Crippen molar-refractivity contribution in [3.8, 4) is 0 Å². The van der Waals surface area contributed by atoms with Crippen molar-refractivity contribution in [1.29, 1.82) is 0 Å². The zero-order chi connectivity index (χ0) is 26.9. The number of nitrogens with one attached hydrogen (secondary N) is 1. The van der Waals surface area contributed by atoms with Crippen LogP contribution in [-0.4, -0.2) is 56.0 Å². The average molecular weight is 553 g/mol. The van der Waals surface area contributed by atoms with Crippen LogP contribution < -0.4 is 10.6 Å². The Morgan fingerprint density at radius 3 is 2.54 bits per heavy atom. The summed E-state index contributed by atoms with van der Waals surface area (Å²) in [6.45, 7) is -0.803. The van der Waals surface area contributed by atoms with Gasteiger partial charge >= 0.3 is 14.5 Å². The molecule has 2 atom stereocenters. The van der Waals surface area contributed by atoms with E-state index >= 15 is 0 Å². The van der Waals surface area contributed by atoms with Gasteiger partial charge in [0, 0.05) is 30.6 Å². The molecule has 2 aliphatic rings. The summed E-state index contributed by atoms with van der Waals surface area (Å²) in [5.41, 5.74) is 0.911. The third-order valence-electron chi connectivity index (χ3n) is 6.18. The maximum atomic E-state index is 14.5. The first-order valence-corrected chi connectivity index (χ1v) is 12.8. The fourth-order valence-electron chi connectivity index (χ4n) is 4.23. The Balaban J connectivity index is 1.42. The molecule has 1 fully saturated rings. The molecule has 0 radical (unpaired) electrons. The van der Waals surface area contributed by atoms with Crippen LogP contribution >= 0.6 is 17.8 Å². The molecule has 0 spiro atoms. The minimum Gasteiger partial charge on any atom is -0.346 e. The maximum absolute atomic E-state index is 14.5. The van der Waals surface area contributed by atoms with Gasteiger partial charge in [-0.2, -0.15) is 8.78 Å². The minimum atomic E-state index is -3.73. The summed E-state index contributed by atoms with van der Waals surface area (Å²) in [6.07, 6.45) is 0.0522. The summed E-state index contributed by atoms with van der Waals surface area (Å²) in [5, 5.41) is 2.93. The topological polar surface area (TPSA) is 136 Å². The van der Waals surface area contributed by atoms with E-state index in [1.807, 2.05) is 0 Å². The SMILES string of the molecule is O=C1CCC(N2Cc3cc(CNC(=O)C(F)(F)c4ccc(P)cc4)ccc3C2=O)C(=O)N1COP(O)O. The maximum Gasteiger partial charge on any atom is 0.349 e. The number of nitrogens with zero attached hydrogens (tertiary/aromatic N) is 2. The number of carbonyl (C=O) groups is 4.